The summed E-state index contributed by atoms with van der Waals surface area (Å²) in [6.45, 7) is 10.7. The molecule has 0 aromatic heterocycles. The van der Waals surface area contributed by atoms with Crippen molar-refractivity contribution in [2.75, 3.05) is 0 Å². The van der Waals surface area contributed by atoms with Crippen molar-refractivity contribution in [2.24, 2.45) is 11.3 Å². The first kappa shape index (κ1) is 16.6. The van der Waals surface area contributed by atoms with Crippen molar-refractivity contribution >= 4 is 0 Å². The molecular weight excluding hydrogens is 288 g/mol. The van der Waals surface area contributed by atoms with E-state index in [2.05, 4.69) is 20.8 Å². The predicted octanol–water partition coefficient (Wildman–Crippen LogP) is 4.74. The standard InChI is InChI=1S/C20H30O3/c1-11(2)12-9-13-14(21)10-15-19(3,4)7-6-8-20(15,5)16(13)18(23)17(12)22/h9,11,14-15,21-23H,6-8,10H2,1-5H3/t14-,15+,20+/m1/s1. The maximum atomic E-state index is 10.8. The Labute approximate surface area is 139 Å². The number of aliphatic hydroxyl groups excluding tert-OH is 1. The Morgan fingerprint density at radius 1 is 1.09 bits per heavy atom. The van der Waals surface area contributed by atoms with Crippen LogP contribution in [-0.4, -0.2) is 15.3 Å². The second-order valence-corrected chi connectivity index (χ2v) is 8.85. The Morgan fingerprint density at radius 2 is 1.74 bits per heavy atom. The molecular formula is C20H30O3. The summed E-state index contributed by atoms with van der Waals surface area (Å²) in [6, 6.07) is 1.92. The lowest BCUT2D eigenvalue weighted by molar-refractivity contribution is -0.00817. The van der Waals surface area contributed by atoms with E-state index in [4.69, 9.17) is 0 Å². The highest BCUT2D eigenvalue weighted by atomic mass is 16.3. The van der Waals surface area contributed by atoms with Crippen LogP contribution < -0.4 is 0 Å². The summed E-state index contributed by atoms with van der Waals surface area (Å²) in [5.41, 5.74) is 2.27. The predicted molar refractivity (Wildman–Crippen MR) is 91.9 cm³/mol. The highest BCUT2D eigenvalue weighted by Crippen LogP contribution is 2.62. The fourth-order valence-electron chi connectivity index (χ4n) is 5.35. The number of aromatic hydroxyl groups is 2. The van der Waals surface area contributed by atoms with E-state index in [-0.39, 0.29) is 28.2 Å². The van der Waals surface area contributed by atoms with Gasteiger partial charge in [-0.1, -0.05) is 41.0 Å². The van der Waals surface area contributed by atoms with Crippen LogP contribution in [0.3, 0.4) is 0 Å². The van der Waals surface area contributed by atoms with E-state index in [1.807, 2.05) is 19.9 Å². The normalized spacial score (nSPS) is 32.5. The molecule has 0 heterocycles. The van der Waals surface area contributed by atoms with Crippen LogP contribution in [0, 0.1) is 11.3 Å². The number of hydrogen-bond acceptors (Lipinski definition) is 3. The zero-order valence-corrected chi connectivity index (χ0v) is 15.0. The lowest BCUT2D eigenvalue weighted by Gasteiger charge is -2.55. The van der Waals surface area contributed by atoms with Crippen LogP contribution in [0.4, 0.5) is 0 Å². The average Bonchev–Trinajstić information content (AvgIpc) is 2.43. The molecule has 2 aliphatic rings. The lowest BCUT2D eigenvalue weighted by Crippen LogP contribution is -2.48. The van der Waals surface area contributed by atoms with Gasteiger partial charge in [-0.25, -0.2) is 0 Å². The molecule has 0 aliphatic heterocycles. The summed E-state index contributed by atoms with van der Waals surface area (Å²) in [5, 5.41) is 32.1. The Bertz CT molecular complexity index is 632. The topological polar surface area (TPSA) is 60.7 Å². The molecule has 0 saturated heterocycles. The van der Waals surface area contributed by atoms with E-state index in [1.165, 1.54) is 0 Å². The van der Waals surface area contributed by atoms with Gasteiger partial charge < -0.3 is 15.3 Å². The van der Waals surface area contributed by atoms with Gasteiger partial charge in [-0.05, 0) is 48.1 Å². The minimum atomic E-state index is -0.565. The molecule has 3 N–H and O–H groups in total. The van der Waals surface area contributed by atoms with Gasteiger partial charge in [-0.2, -0.15) is 0 Å². The van der Waals surface area contributed by atoms with Gasteiger partial charge in [-0.3, -0.25) is 0 Å². The number of fused-ring (bicyclic) bond motifs is 3. The number of phenolic OH excluding ortho intramolecular Hbond substituents is 2. The van der Waals surface area contributed by atoms with Crippen LogP contribution in [0.2, 0.25) is 0 Å². The van der Waals surface area contributed by atoms with Gasteiger partial charge >= 0.3 is 0 Å². The molecule has 1 aromatic carbocycles. The monoisotopic (exact) mass is 318 g/mol. The van der Waals surface area contributed by atoms with Crippen LogP contribution in [0.15, 0.2) is 6.07 Å². The molecule has 0 radical (unpaired) electrons. The molecule has 1 aromatic rings. The van der Waals surface area contributed by atoms with Crippen LogP contribution in [0.1, 0.15) is 89.0 Å². The molecule has 2 aliphatic carbocycles. The highest BCUT2D eigenvalue weighted by molar-refractivity contribution is 5.59. The first-order valence-electron chi connectivity index (χ1n) is 8.87. The lowest BCUT2D eigenvalue weighted by atomic mass is 9.49. The van der Waals surface area contributed by atoms with Crippen molar-refractivity contribution in [3.05, 3.63) is 22.8 Å². The summed E-state index contributed by atoms with van der Waals surface area (Å²) in [5.74, 6) is 0.402. The number of aliphatic hydroxyl groups is 1. The molecule has 3 rings (SSSR count). The number of benzene rings is 1. The second-order valence-electron chi connectivity index (χ2n) is 8.85. The first-order valence-corrected chi connectivity index (χ1v) is 8.87. The summed E-state index contributed by atoms with van der Waals surface area (Å²) >= 11 is 0. The Kier molecular flexibility index (Phi) is 3.72. The van der Waals surface area contributed by atoms with Crippen molar-refractivity contribution in [2.45, 2.75) is 77.7 Å². The zero-order valence-electron chi connectivity index (χ0n) is 15.0. The minimum Gasteiger partial charge on any atom is -0.504 e. The van der Waals surface area contributed by atoms with E-state index in [1.54, 1.807) is 0 Å². The maximum Gasteiger partial charge on any atom is 0.161 e. The molecule has 1 saturated carbocycles. The van der Waals surface area contributed by atoms with Crippen LogP contribution in [0.5, 0.6) is 11.5 Å². The number of rotatable bonds is 1. The van der Waals surface area contributed by atoms with Crippen molar-refractivity contribution in [1.82, 2.24) is 0 Å². The smallest absolute Gasteiger partial charge is 0.161 e. The third-order valence-corrected chi connectivity index (χ3v) is 6.57. The van der Waals surface area contributed by atoms with Crippen molar-refractivity contribution in [3.8, 4) is 11.5 Å². The van der Waals surface area contributed by atoms with E-state index < -0.39 is 6.10 Å². The SMILES string of the molecule is CC(C)c1cc2c(c(O)c1O)[C@@]1(C)CCCC(C)(C)[C@@H]1C[C@H]2O. The third-order valence-electron chi connectivity index (χ3n) is 6.57. The van der Waals surface area contributed by atoms with Gasteiger partial charge in [0.15, 0.2) is 11.5 Å². The summed E-state index contributed by atoms with van der Waals surface area (Å²) in [7, 11) is 0. The van der Waals surface area contributed by atoms with Gasteiger partial charge in [0.1, 0.15) is 0 Å². The highest BCUT2D eigenvalue weighted by Gasteiger charge is 2.53. The summed E-state index contributed by atoms with van der Waals surface area (Å²) in [4.78, 5) is 0. The molecule has 3 heteroatoms. The molecule has 0 unspecified atom stereocenters. The molecule has 3 atom stereocenters. The molecule has 0 bridgehead atoms. The molecule has 128 valence electrons. The first-order chi connectivity index (χ1) is 10.6. The van der Waals surface area contributed by atoms with Crippen LogP contribution >= 0.6 is 0 Å². The fourth-order valence-corrected chi connectivity index (χ4v) is 5.35. The Morgan fingerprint density at radius 3 is 2.35 bits per heavy atom. The largest absolute Gasteiger partial charge is 0.504 e. The number of hydrogen-bond donors (Lipinski definition) is 3. The third kappa shape index (κ3) is 2.27. The van der Waals surface area contributed by atoms with Gasteiger partial charge in [-0.15, -0.1) is 0 Å². The van der Waals surface area contributed by atoms with Crippen molar-refractivity contribution in [3.63, 3.8) is 0 Å². The zero-order chi connectivity index (χ0) is 17.2. The summed E-state index contributed by atoms with van der Waals surface area (Å²) < 4.78 is 0. The van der Waals surface area contributed by atoms with Gasteiger partial charge in [0.2, 0.25) is 0 Å². The molecule has 1 fully saturated rings. The molecule has 0 spiro atoms. The summed E-state index contributed by atoms with van der Waals surface area (Å²) in [6.07, 6.45) is 3.42. The van der Waals surface area contributed by atoms with Crippen LogP contribution in [0.25, 0.3) is 0 Å². The second kappa shape index (κ2) is 5.14. The van der Waals surface area contributed by atoms with Gasteiger partial charge in [0, 0.05) is 16.5 Å². The van der Waals surface area contributed by atoms with Gasteiger partial charge in [0.25, 0.3) is 0 Å². The van der Waals surface area contributed by atoms with E-state index >= 15 is 0 Å². The average molecular weight is 318 g/mol. The Balaban J connectivity index is 2.26. The molecule has 23 heavy (non-hydrogen) atoms. The van der Waals surface area contributed by atoms with E-state index in [0.29, 0.717) is 5.92 Å². The van der Waals surface area contributed by atoms with E-state index in [9.17, 15) is 15.3 Å². The fraction of sp³-hybridized carbons (Fsp3) is 0.700. The van der Waals surface area contributed by atoms with Crippen molar-refractivity contribution < 1.29 is 15.3 Å². The maximum absolute atomic E-state index is 10.8. The van der Waals surface area contributed by atoms with Gasteiger partial charge in [0.05, 0.1) is 6.10 Å². The quantitative estimate of drug-likeness (QED) is 0.655. The van der Waals surface area contributed by atoms with E-state index in [0.717, 1.165) is 42.4 Å². The number of phenols is 2. The van der Waals surface area contributed by atoms with Crippen molar-refractivity contribution in [1.29, 1.82) is 0 Å². The molecule has 0 amide bonds. The minimum absolute atomic E-state index is 0.00351. The Hall–Kier alpha value is -1.22. The van der Waals surface area contributed by atoms with Crippen LogP contribution in [-0.2, 0) is 5.41 Å². The molecule has 3 nitrogen and oxygen atoms in total.